The molecular weight excluding hydrogens is 184 g/mol. The largest absolute Gasteiger partial charge is 0.330 e. The van der Waals surface area contributed by atoms with Crippen LogP contribution in [0, 0.1) is 0 Å². The van der Waals surface area contributed by atoms with Crippen LogP contribution in [-0.4, -0.2) is 9.55 Å². The Kier molecular flexibility index (Phi) is 2.00. The third-order valence-corrected chi connectivity index (χ3v) is 2.37. The Morgan fingerprint density at radius 1 is 1.38 bits per heavy atom. The highest BCUT2D eigenvalue weighted by molar-refractivity contribution is 6.20. The molecule has 2 nitrogen and oxygen atoms in total. The molecule has 0 saturated heterocycles. The van der Waals surface area contributed by atoms with E-state index in [4.69, 9.17) is 11.6 Å². The minimum absolute atomic E-state index is 0.0441. The van der Waals surface area contributed by atoms with Crippen molar-refractivity contribution in [2.45, 2.75) is 12.3 Å². The average molecular weight is 195 g/mol. The van der Waals surface area contributed by atoms with E-state index in [1.165, 1.54) is 0 Å². The fraction of sp³-hybridized carbons (Fsp3) is 0.300. The molecule has 13 heavy (non-hydrogen) atoms. The number of para-hydroxylation sites is 2. The van der Waals surface area contributed by atoms with E-state index in [-0.39, 0.29) is 5.38 Å². The molecule has 1 aromatic carbocycles. The third-order valence-electron chi connectivity index (χ3n) is 2.18. The molecule has 1 unspecified atom stereocenters. The van der Waals surface area contributed by atoms with Gasteiger partial charge in [-0.05, 0) is 19.1 Å². The number of hydrogen-bond donors (Lipinski definition) is 0. The Morgan fingerprint density at radius 2 is 2.08 bits per heavy atom. The summed E-state index contributed by atoms with van der Waals surface area (Å²) in [5, 5.41) is -0.0441. The van der Waals surface area contributed by atoms with Crippen molar-refractivity contribution in [3.63, 3.8) is 0 Å². The summed E-state index contributed by atoms with van der Waals surface area (Å²) in [6.07, 6.45) is 0. The number of aryl methyl sites for hydroxylation is 1. The number of hydrogen-bond acceptors (Lipinski definition) is 1. The van der Waals surface area contributed by atoms with Gasteiger partial charge in [-0.15, -0.1) is 11.6 Å². The van der Waals surface area contributed by atoms with Crippen LogP contribution >= 0.6 is 11.6 Å². The van der Waals surface area contributed by atoms with E-state index in [0.717, 1.165) is 16.9 Å². The van der Waals surface area contributed by atoms with Gasteiger partial charge in [-0.1, -0.05) is 12.1 Å². The molecule has 0 fully saturated rings. The van der Waals surface area contributed by atoms with Gasteiger partial charge in [-0.25, -0.2) is 4.98 Å². The van der Waals surface area contributed by atoms with Crippen LogP contribution in [0.15, 0.2) is 24.3 Å². The van der Waals surface area contributed by atoms with Crippen molar-refractivity contribution in [1.82, 2.24) is 9.55 Å². The lowest BCUT2D eigenvalue weighted by Gasteiger charge is -2.02. The lowest BCUT2D eigenvalue weighted by atomic mass is 10.3. The summed E-state index contributed by atoms with van der Waals surface area (Å²) in [7, 11) is 1.99. The van der Waals surface area contributed by atoms with Crippen LogP contribution in [0.2, 0.25) is 0 Å². The quantitative estimate of drug-likeness (QED) is 0.639. The summed E-state index contributed by atoms with van der Waals surface area (Å²) in [5.41, 5.74) is 2.14. The average Bonchev–Trinajstić information content (AvgIpc) is 2.45. The Hall–Kier alpha value is -1.02. The van der Waals surface area contributed by atoms with E-state index in [2.05, 4.69) is 4.98 Å². The predicted molar refractivity (Wildman–Crippen MR) is 55.0 cm³/mol. The van der Waals surface area contributed by atoms with Crippen molar-refractivity contribution in [2.24, 2.45) is 7.05 Å². The van der Waals surface area contributed by atoms with Crippen molar-refractivity contribution < 1.29 is 0 Å². The van der Waals surface area contributed by atoms with Gasteiger partial charge in [0.25, 0.3) is 0 Å². The molecule has 0 aliphatic carbocycles. The number of alkyl halides is 1. The van der Waals surface area contributed by atoms with Gasteiger partial charge >= 0.3 is 0 Å². The van der Waals surface area contributed by atoms with Crippen molar-refractivity contribution >= 4 is 22.6 Å². The molecule has 1 aromatic heterocycles. The molecule has 0 N–H and O–H groups in total. The minimum atomic E-state index is -0.0441. The number of imidazole rings is 1. The first-order valence-electron chi connectivity index (χ1n) is 4.25. The maximum atomic E-state index is 6.00. The maximum Gasteiger partial charge on any atom is 0.127 e. The summed E-state index contributed by atoms with van der Waals surface area (Å²) >= 11 is 6.00. The Bertz CT molecular complexity index is 431. The molecule has 1 atom stereocenters. The van der Waals surface area contributed by atoms with Crippen molar-refractivity contribution in [2.75, 3.05) is 0 Å². The second-order valence-corrected chi connectivity index (χ2v) is 3.79. The molecule has 0 bridgehead atoms. The molecule has 0 aliphatic heterocycles. The number of aromatic nitrogens is 2. The zero-order chi connectivity index (χ0) is 9.42. The van der Waals surface area contributed by atoms with Crippen LogP contribution < -0.4 is 0 Å². The molecule has 0 spiro atoms. The highest BCUT2D eigenvalue weighted by Gasteiger charge is 2.10. The maximum absolute atomic E-state index is 6.00. The molecule has 1 heterocycles. The monoisotopic (exact) mass is 194 g/mol. The molecule has 2 rings (SSSR count). The van der Waals surface area contributed by atoms with Gasteiger partial charge in [0.05, 0.1) is 16.4 Å². The van der Waals surface area contributed by atoms with E-state index in [1.807, 2.05) is 42.8 Å². The van der Waals surface area contributed by atoms with Crippen LogP contribution in [0.25, 0.3) is 11.0 Å². The number of nitrogens with zero attached hydrogens (tertiary/aromatic N) is 2. The van der Waals surface area contributed by atoms with E-state index >= 15 is 0 Å². The lowest BCUT2D eigenvalue weighted by Crippen LogP contribution is -1.97. The summed E-state index contributed by atoms with van der Waals surface area (Å²) < 4.78 is 2.03. The molecule has 68 valence electrons. The second-order valence-electron chi connectivity index (χ2n) is 3.13. The van der Waals surface area contributed by atoms with Crippen molar-refractivity contribution in [1.29, 1.82) is 0 Å². The predicted octanol–water partition coefficient (Wildman–Crippen LogP) is 2.87. The summed E-state index contributed by atoms with van der Waals surface area (Å²) in [5.74, 6) is 0.919. The van der Waals surface area contributed by atoms with Gasteiger partial charge in [0.15, 0.2) is 0 Å². The first kappa shape index (κ1) is 8.57. The highest BCUT2D eigenvalue weighted by Crippen LogP contribution is 2.22. The van der Waals surface area contributed by atoms with Gasteiger partial charge < -0.3 is 4.57 Å². The van der Waals surface area contributed by atoms with Crippen LogP contribution in [0.4, 0.5) is 0 Å². The lowest BCUT2D eigenvalue weighted by molar-refractivity contribution is 0.812. The molecule has 0 amide bonds. The van der Waals surface area contributed by atoms with E-state index in [9.17, 15) is 0 Å². The fourth-order valence-corrected chi connectivity index (χ4v) is 1.72. The van der Waals surface area contributed by atoms with E-state index < -0.39 is 0 Å². The summed E-state index contributed by atoms with van der Waals surface area (Å²) in [6, 6.07) is 8.04. The van der Waals surface area contributed by atoms with E-state index in [0.29, 0.717) is 0 Å². The van der Waals surface area contributed by atoms with Crippen LogP contribution in [0.5, 0.6) is 0 Å². The Labute approximate surface area is 82.1 Å². The van der Waals surface area contributed by atoms with Gasteiger partial charge in [-0.2, -0.15) is 0 Å². The van der Waals surface area contributed by atoms with Crippen molar-refractivity contribution in [3.8, 4) is 0 Å². The molecule has 0 saturated carbocycles. The molecule has 0 radical (unpaired) electrons. The number of fused-ring (bicyclic) bond motifs is 1. The molecule has 3 heteroatoms. The normalized spacial score (nSPS) is 13.5. The standard InChI is InChI=1S/C10H11ClN2/c1-7(11)10-12-8-5-3-4-6-9(8)13(10)2/h3-7H,1-2H3. The van der Waals surface area contributed by atoms with Gasteiger partial charge in [-0.3, -0.25) is 0 Å². The second kappa shape index (κ2) is 3.04. The first-order chi connectivity index (χ1) is 6.20. The first-order valence-corrected chi connectivity index (χ1v) is 4.69. The number of rotatable bonds is 1. The van der Waals surface area contributed by atoms with Gasteiger partial charge in [0.1, 0.15) is 5.82 Å². The van der Waals surface area contributed by atoms with Gasteiger partial charge in [0.2, 0.25) is 0 Å². The summed E-state index contributed by atoms with van der Waals surface area (Å²) in [4.78, 5) is 4.44. The number of halogens is 1. The zero-order valence-electron chi connectivity index (χ0n) is 7.66. The van der Waals surface area contributed by atoms with Crippen LogP contribution in [0.3, 0.4) is 0 Å². The fourth-order valence-electron chi connectivity index (χ4n) is 1.52. The highest BCUT2D eigenvalue weighted by atomic mass is 35.5. The molecular formula is C10H11ClN2. The van der Waals surface area contributed by atoms with Crippen molar-refractivity contribution in [3.05, 3.63) is 30.1 Å². The van der Waals surface area contributed by atoms with Gasteiger partial charge in [0, 0.05) is 7.05 Å². The Morgan fingerprint density at radius 3 is 2.69 bits per heavy atom. The minimum Gasteiger partial charge on any atom is -0.330 e. The topological polar surface area (TPSA) is 17.8 Å². The smallest absolute Gasteiger partial charge is 0.127 e. The SMILES string of the molecule is CC(Cl)c1nc2ccccc2n1C. The third kappa shape index (κ3) is 1.31. The molecule has 0 aliphatic rings. The zero-order valence-corrected chi connectivity index (χ0v) is 8.42. The van der Waals surface area contributed by atoms with Crippen LogP contribution in [0.1, 0.15) is 18.1 Å². The molecule has 2 aromatic rings. The summed E-state index contributed by atoms with van der Waals surface area (Å²) in [6.45, 7) is 1.93. The number of benzene rings is 1. The van der Waals surface area contributed by atoms with E-state index in [1.54, 1.807) is 0 Å². The Balaban J connectivity index is 2.74. The van der Waals surface area contributed by atoms with Crippen LogP contribution in [-0.2, 0) is 7.05 Å².